The standard InChI is InChI=1S/C17H16F2O2/c1-12-10-20-17(21-11-12,13-5-3-2-4-6-13)14-7-15(18)9-16(19)8-14/h2-9,12H,10-11H2,1H3. The average molecular weight is 290 g/mol. The molecule has 0 radical (unpaired) electrons. The van der Waals surface area contributed by atoms with Crippen molar-refractivity contribution in [1.29, 1.82) is 0 Å². The first kappa shape index (κ1) is 14.2. The Labute approximate surface area is 122 Å². The van der Waals surface area contributed by atoms with Gasteiger partial charge >= 0.3 is 0 Å². The van der Waals surface area contributed by atoms with Crippen LogP contribution in [0.2, 0.25) is 0 Å². The van der Waals surface area contributed by atoms with Gasteiger partial charge in [-0.05, 0) is 12.1 Å². The van der Waals surface area contributed by atoms with E-state index in [4.69, 9.17) is 9.47 Å². The molecule has 0 atom stereocenters. The Morgan fingerprint density at radius 1 is 0.905 bits per heavy atom. The van der Waals surface area contributed by atoms with Gasteiger partial charge in [-0.1, -0.05) is 37.3 Å². The fraction of sp³-hybridized carbons (Fsp3) is 0.294. The van der Waals surface area contributed by atoms with Crippen LogP contribution in [0.15, 0.2) is 48.5 Å². The minimum Gasteiger partial charge on any atom is -0.342 e. The molecular weight excluding hydrogens is 274 g/mol. The summed E-state index contributed by atoms with van der Waals surface area (Å²) in [5.74, 6) is -2.31. The normalized spacial score (nSPS) is 25.8. The van der Waals surface area contributed by atoms with Crippen molar-refractivity contribution < 1.29 is 18.3 Å². The first-order valence-electron chi connectivity index (χ1n) is 6.90. The maximum atomic E-state index is 13.6. The van der Waals surface area contributed by atoms with Crippen LogP contribution < -0.4 is 0 Å². The largest absolute Gasteiger partial charge is 0.342 e. The summed E-state index contributed by atoms with van der Waals surface area (Å²) in [7, 11) is 0. The molecule has 0 aliphatic carbocycles. The summed E-state index contributed by atoms with van der Waals surface area (Å²) in [5.41, 5.74) is 1.06. The topological polar surface area (TPSA) is 18.5 Å². The maximum absolute atomic E-state index is 13.6. The first-order valence-corrected chi connectivity index (χ1v) is 6.90. The Morgan fingerprint density at radius 3 is 2.05 bits per heavy atom. The van der Waals surface area contributed by atoms with Crippen LogP contribution in [0.3, 0.4) is 0 Å². The molecule has 21 heavy (non-hydrogen) atoms. The van der Waals surface area contributed by atoms with E-state index < -0.39 is 17.4 Å². The summed E-state index contributed by atoms with van der Waals surface area (Å²) in [5, 5.41) is 0. The van der Waals surface area contributed by atoms with E-state index in [-0.39, 0.29) is 5.92 Å². The molecule has 1 aliphatic heterocycles. The zero-order chi connectivity index (χ0) is 14.9. The Kier molecular flexibility index (Phi) is 3.74. The van der Waals surface area contributed by atoms with Crippen LogP contribution in [-0.2, 0) is 15.3 Å². The molecule has 0 N–H and O–H groups in total. The predicted octanol–water partition coefficient (Wildman–Crippen LogP) is 3.85. The van der Waals surface area contributed by atoms with Gasteiger partial charge in [0, 0.05) is 23.1 Å². The molecule has 0 saturated carbocycles. The first-order chi connectivity index (χ1) is 10.1. The van der Waals surface area contributed by atoms with Crippen molar-refractivity contribution in [2.24, 2.45) is 5.92 Å². The molecule has 2 nitrogen and oxygen atoms in total. The lowest BCUT2D eigenvalue weighted by Crippen LogP contribution is -2.42. The Balaban J connectivity index is 2.12. The second kappa shape index (κ2) is 5.54. The monoisotopic (exact) mass is 290 g/mol. The molecule has 1 saturated heterocycles. The molecule has 0 amide bonds. The van der Waals surface area contributed by atoms with Crippen molar-refractivity contribution in [3.63, 3.8) is 0 Å². The van der Waals surface area contributed by atoms with Crippen molar-refractivity contribution in [3.05, 3.63) is 71.3 Å². The number of halogens is 2. The van der Waals surface area contributed by atoms with E-state index in [1.54, 1.807) is 0 Å². The highest BCUT2D eigenvalue weighted by atomic mass is 19.1. The quantitative estimate of drug-likeness (QED) is 0.836. The Bertz CT molecular complexity index is 600. The molecule has 0 unspecified atom stereocenters. The predicted molar refractivity (Wildman–Crippen MR) is 74.6 cm³/mol. The maximum Gasteiger partial charge on any atom is 0.222 e. The van der Waals surface area contributed by atoms with Gasteiger partial charge in [0.1, 0.15) is 11.6 Å². The third kappa shape index (κ3) is 2.69. The molecule has 1 fully saturated rings. The van der Waals surface area contributed by atoms with Gasteiger partial charge in [-0.25, -0.2) is 8.78 Å². The van der Waals surface area contributed by atoms with Gasteiger partial charge in [-0.2, -0.15) is 0 Å². The van der Waals surface area contributed by atoms with Crippen molar-refractivity contribution in [3.8, 4) is 0 Å². The van der Waals surface area contributed by atoms with Crippen LogP contribution >= 0.6 is 0 Å². The lowest BCUT2D eigenvalue weighted by Gasteiger charge is -2.40. The summed E-state index contributed by atoms with van der Waals surface area (Å²) in [6.07, 6.45) is 0. The van der Waals surface area contributed by atoms with Crippen LogP contribution in [0, 0.1) is 17.6 Å². The number of ether oxygens (including phenoxy) is 2. The molecule has 110 valence electrons. The number of hydrogen-bond acceptors (Lipinski definition) is 2. The van der Waals surface area contributed by atoms with E-state index in [1.807, 2.05) is 37.3 Å². The van der Waals surface area contributed by atoms with Crippen LogP contribution in [0.5, 0.6) is 0 Å². The van der Waals surface area contributed by atoms with Gasteiger partial charge in [-0.3, -0.25) is 0 Å². The van der Waals surface area contributed by atoms with Gasteiger partial charge < -0.3 is 9.47 Å². The van der Waals surface area contributed by atoms with E-state index in [9.17, 15) is 8.78 Å². The van der Waals surface area contributed by atoms with Crippen LogP contribution in [0.4, 0.5) is 8.78 Å². The Morgan fingerprint density at radius 2 is 1.48 bits per heavy atom. The zero-order valence-electron chi connectivity index (χ0n) is 11.7. The molecule has 0 bridgehead atoms. The number of hydrogen-bond donors (Lipinski definition) is 0. The highest BCUT2D eigenvalue weighted by molar-refractivity contribution is 5.35. The third-order valence-electron chi connectivity index (χ3n) is 3.54. The summed E-state index contributed by atoms with van der Waals surface area (Å²) in [6, 6.07) is 12.6. The van der Waals surface area contributed by atoms with Gasteiger partial charge in [0.2, 0.25) is 5.79 Å². The fourth-order valence-electron chi connectivity index (χ4n) is 2.51. The summed E-state index contributed by atoms with van der Waals surface area (Å²) < 4.78 is 39.0. The average Bonchev–Trinajstić information content (AvgIpc) is 2.48. The van der Waals surface area contributed by atoms with Crippen molar-refractivity contribution in [2.75, 3.05) is 13.2 Å². The SMILES string of the molecule is CC1COC(c2ccccc2)(c2cc(F)cc(F)c2)OC1. The lowest BCUT2D eigenvalue weighted by molar-refractivity contribution is -0.265. The molecule has 2 aromatic carbocycles. The van der Waals surface area contributed by atoms with Gasteiger partial charge in [0.25, 0.3) is 0 Å². The number of rotatable bonds is 2. The van der Waals surface area contributed by atoms with Crippen LogP contribution in [-0.4, -0.2) is 13.2 Å². The van der Waals surface area contributed by atoms with Gasteiger partial charge in [-0.15, -0.1) is 0 Å². The van der Waals surface area contributed by atoms with E-state index >= 15 is 0 Å². The Hall–Kier alpha value is -1.78. The zero-order valence-corrected chi connectivity index (χ0v) is 11.7. The smallest absolute Gasteiger partial charge is 0.222 e. The molecule has 3 rings (SSSR count). The third-order valence-corrected chi connectivity index (χ3v) is 3.54. The number of benzene rings is 2. The molecule has 0 spiro atoms. The molecule has 1 aliphatic rings. The summed E-state index contributed by atoms with van der Waals surface area (Å²) >= 11 is 0. The van der Waals surface area contributed by atoms with E-state index in [0.717, 1.165) is 11.6 Å². The minimum absolute atomic E-state index is 0.236. The second-order valence-electron chi connectivity index (χ2n) is 5.37. The molecule has 2 aromatic rings. The highest BCUT2D eigenvalue weighted by Crippen LogP contribution is 2.39. The second-order valence-corrected chi connectivity index (χ2v) is 5.37. The van der Waals surface area contributed by atoms with Crippen LogP contribution in [0.1, 0.15) is 18.1 Å². The van der Waals surface area contributed by atoms with Crippen LogP contribution in [0.25, 0.3) is 0 Å². The lowest BCUT2D eigenvalue weighted by atomic mass is 9.95. The van der Waals surface area contributed by atoms with Gasteiger partial charge in [0.15, 0.2) is 0 Å². The summed E-state index contributed by atoms with van der Waals surface area (Å²) in [6.45, 7) is 2.93. The summed E-state index contributed by atoms with van der Waals surface area (Å²) in [4.78, 5) is 0. The fourth-order valence-corrected chi connectivity index (χ4v) is 2.51. The van der Waals surface area contributed by atoms with Crippen molar-refractivity contribution in [1.82, 2.24) is 0 Å². The molecule has 1 heterocycles. The molecule has 4 heteroatoms. The van der Waals surface area contributed by atoms with Gasteiger partial charge in [0.05, 0.1) is 13.2 Å². The molecule has 0 aromatic heterocycles. The van der Waals surface area contributed by atoms with E-state index in [0.29, 0.717) is 18.8 Å². The van der Waals surface area contributed by atoms with Crippen molar-refractivity contribution in [2.45, 2.75) is 12.7 Å². The van der Waals surface area contributed by atoms with E-state index in [2.05, 4.69) is 0 Å². The van der Waals surface area contributed by atoms with E-state index in [1.165, 1.54) is 12.1 Å². The molecular formula is C17H16F2O2. The minimum atomic E-state index is -1.25. The van der Waals surface area contributed by atoms with Crippen molar-refractivity contribution >= 4 is 0 Å². The highest BCUT2D eigenvalue weighted by Gasteiger charge is 2.41.